The summed E-state index contributed by atoms with van der Waals surface area (Å²) < 4.78 is 43.0. The molecule has 10 heteroatoms. The number of hydrogen-bond donors (Lipinski definition) is 2. The van der Waals surface area contributed by atoms with E-state index in [4.69, 9.17) is 17.3 Å². The lowest BCUT2D eigenvalue weighted by Gasteiger charge is -2.27. The van der Waals surface area contributed by atoms with Gasteiger partial charge in [0.05, 0.1) is 11.3 Å². The summed E-state index contributed by atoms with van der Waals surface area (Å²) in [7, 11) is 0. The van der Waals surface area contributed by atoms with E-state index in [-0.39, 0.29) is 22.8 Å². The largest absolute Gasteiger partial charge is 0.416 e. The zero-order valence-corrected chi connectivity index (χ0v) is 20.5. The molecular formula is C26H25ClF3N3O3. The topological polar surface area (TPSA) is 86.9 Å². The highest BCUT2D eigenvalue weighted by Crippen LogP contribution is 2.52. The maximum absolute atomic E-state index is 14.3. The number of fused-ring (bicyclic) bond motifs is 2. The van der Waals surface area contributed by atoms with Crippen molar-refractivity contribution in [3.8, 4) is 0 Å². The van der Waals surface area contributed by atoms with Crippen molar-refractivity contribution in [3.05, 3.63) is 75.8 Å². The van der Waals surface area contributed by atoms with E-state index in [1.807, 2.05) is 18.7 Å². The lowest BCUT2D eigenvalue weighted by Crippen LogP contribution is -2.44. The molecule has 0 fully saturated rings. The number of primary amides is 1. The van der Waals surface area contributed by atoms with Crippen LogP contribution in [0.5, 0.6) is 0 Å². The minimum atomic E-state index is -5.00. The van der Waals surface area contributed by atoms with Gasteiger partial charge in [0.1, 0.15) is 0 Å². The SMILES string of the molecule is CCN(CC)CCN1C(=O)[C@](O)(c2cc3ccccc3cc2Cl)c2c1cc(C(N)=O)cc2C(F)(F)F. The molecule has 0 aromatic heterocycles. The van der Waals surface area contributed by atoms with E-state index >= 15 is 0 Å². The molecule has 0 radical (unpaired) electrons. The number of likely N-dealkylation sites (N-methyl/N-ethyl adjacent to an activating group) is 1. The Kier molecular flexibility index (Phi) is 6.76. The summed E-state index contributed by atoms with van der Waals surface area (Å²) >= 11 is 6.48. The molecule has 1 aliphatic heterocycles. The van der Waals surface area contributed by atoms with Gasteiger partial charge in [-0.2, -0.15) is 13.2 Å². The van der Waals surface area contributed by atoms with E-state index in [0.717, 1.165) is 11.0 Å². The average Bonchev–Trinajstić information content (AvgIpc) is 3.05. The molecule has 3 aromatic rings. The molecule has 0 saturated carbocycles. The van der Waals surface area contributed by atoms with E-state index < -0.39 is 40.3 Å². The second-order valence-electron chi connectivity index (χ2n) is 8.65. The fraction of sp³-hybridized carbons (Fsp3) is 0.308. The van der Waals surface area contributed by atoms with E-state index in [2.05, 4.69) is 0 Å². The smallest absolute Gasteiger partial charge is 0.372 e. The first-order valence-corrected chi connectivity index (χ1v) is 11.8. The highest BCUT2D eigenvalue weighted by atomic mass is 35.5. The number of rotatable bonds is 7. The lowest BCUT2D eigenvalue weighted by atomic mass is 9.83. The van der Waals surface area contributed by atoms with Crippen molar-refractivity contribution in [2.24, 2.45) is 5.73 Å². The van der Waals surface area contributed by atoms with E-state index in [1.165, 1.54) is 12.1 Å². The third-order valence-corrected chi connectivity index (χ3v) is 6.99. The molecule has 36 heavy (non-hydrogen) atoms. The predicted octanol–water partition coefficient (Wildman–Crippen LogP) is 4.54. The third kappa shape index (κ3) is 4.21. The number of carbonyl (C=O) groups is 2. The molecule has 1 aliphatic rings. The van der Waals surface area contributed by atoms with Crippen LogP contribution in [-0.4, -0.2) is 48.0 Å². The van der Waals surface area contributed by atoms with Crippen LogP contribution in [0.1, 0.15) is 40.9 Å². The van der Waals surface area contributed by atoms with E-state index in [0.29, 0.717) is 36.5 Å². The van der Waals surface area contributed by atoms with Crippen LogP contribution < -0.4 is 10.6 Å². The van der Waals surface area contributed by atoms with Crippen LogP contribution in [0, 0.1) is 0 Å². The van der Waals surface area contributed by atoms with Crippen molar-refractivity contribution in [2.75, 3.05) is 31.1 Å². The van der Waals surface area contributed by atoms with Crippen LogP contribution in [0.4, 0.5) is 18.9 Å². The van der Waals surface area contributed by atoms with Crippen LogP contribution >= 0.6 is 11.6 Å². The quantitative estimate of drug-likeness (QED) is 0.480. The fourth-order valence-corrected chi connectivity index (χ4v) is 5.05. The Balaban J connectivity index is 2.02. The number of carbonyl (C=O) groups excluding carboxylic acids is 2. The predicted molar refractivity (Wildman–Crippen MR) is 132 cm³/mol. The summed E-state index contributed by atoms with van der Waals surface area (Å²) in [6.45, 7) is 5.47. The monoisotopic (exact) mass is 519 g/mol. The van der Waals surface area contributed by atoms with Gasteiger partial charge in [-0.1, -0.05) is 49.7 Å². The molecule has 1 atom stereocenters. The standard InChI is InChI=1S/C26H25ClF3N3O3/c1-3-32(4-2)9-10-33-21-14-17(23(31)34)12-19(26(28,29)30)22(21)25(36,24(33)35)18-11-15-7-5-6-8-16(15)13-20(18)27/h5-8,11-14,36H,3-4,9-10H2,1-2H3,(H2,31,34)/t25-/m0/s1. The second kappa shape index (κ2) is 9.38. The number of amides is 2. The molecular weight excluding hydrogens is 495 g/mol. The number of anilines is 1. The van der Waals surface area contributed by atoms with E-state index in [1.54, 1.807) is 24.3 Å². The number of hydrogen-bond acceptors (Lipinski definition) is 4. The number of benzene rings is 3. The molecule has 0 spiro atoms. The first kappa shape index (κ1) is 25.9. The van der Waals surface area contributed by atoms with Gasteiger partial charge in [0.2, 0.25) is 5.91 Å². The van der Waals surface area contributed by atoms with E-state index in [9.17, 15) is 27.9 Å². The highest BCUT2D eigenvalue weighted by molar-refractivity contribution is 6.33. The van der Waals surface area contributed by atoms with Crippen molar-refractivity contribution in [1.29, 1.82) is 0 Å². The number of halogens is 4. The Morgan fingerprint density at radius 2 is 1.72 bits per heavy atom. The molecule has 0 saturated heterocycles. The van der Waals surface area contributed by atoms with Crippen LogP contribution in [0.3, 0.4) is 0 Å². The molecule has 4 rings (SSSR count). The summed E-state index contributed by atoms with van der Waals surface area (Å²) in [5.41, 5.74) is -0.202. The zero-order chi connectivity index (χ0) is 26.4. The van der Waals surface area contributed by atoms with Crippen molar-refractivity contribution in [3.63, 3.8) is 0 Å². The number of nitrogens with zero attached hydrogens (tertiary/aromatic N) is 2. The maximum Gasteiger partial charge on any atom is 0.416 e. The molecule has 0 unspecified atom stereocenters. The highest BCUT2D eigenvalue weighted by Gasteiger charge is 2.56. The van der Waals surface area contributed by atoms with Gasteiger partial charge >= 0.3 is 6.18 Å². The minimum absolute atomic E-state index is 0.0134. The van der Waals surface area contributed by atoms with Crippen molar-refractivity contribution >= 4 is 39.9 Å². The lowest BCUT2D eigenvalue weighted by molar-refractivity contribution is -0.142. The van der Waals surface area contributed by atoms with Gasteiger partial charge in [-0.05, 0) is 48.1 Å². The van der Waals surface area contributed by atoms with Gasteiger partial charge in [-0.3, -0.25) is 9.59 Å². The Morgan fingerprint density at radius 3 is 2.28 bits per heavy atom. The normalized spacial score (nSPS) is 17.8. The van der Waals surface area contributed by atoms with Gasteiger partial charge in [0.25, 0.3) is 5.91 Å². The summed E-state index contributed by atoms with van der Waals surface area (Å²) in [5.74, 6) is -2.06. The van der Waals surface area contributed by atoms with Gasteiger partial charge in [-0.15, -0.1) is 0 Å². The maximum atomic E-state index is 14.3. The number of nitrogens with two attached hydrogens (primary N) is 1. The second-order valence-corrected chi connectivity index (χ2v) is 9.06. The van der Waals surface area contributed by atoms with Crippen LogP contribution in [0.2, 0.25) is 5.02 Å². The first-order valence-electron chi connectivity index (χ1n) is 11.4. The number of aliphatic hydroxyl groups is 1. The van der Waals surface area contributed by atoms with Crippen molar-refractivity contribution < 1.29 is 27.9 Å². The van der Waals surface area contributed by atoms with Crippen molar-refractivity contribution in [1.82, 2.24) is 4.90 Å². The van der Waals surface area contributed by atoms with Crippen LogP contribution in [-0.2, 0) is 16.6 Å². The van der Waals surface area contributed by atoms with Crippen LogP contribution in [0.15, 0.2) is 48.5 Å². The van der Waals surface area contributed by atoms with Crippen molar-refractivity contribution in [2.45, 2.75) is 25.6 Å². The average molecular weight is 520 g/mol. The molecule has 190 valence electrons. The molecule has 0 bridgehead atoms. The molecule has 3 N–H and O–H groups in total. The molecule has 0 aliphatic carbocycles. The fourth-order valence-electron chi connectivity index (χ4n) is 4.74. The third-order valence-electron chi connectivity index (χ3n) is 6.67. The van der Waals surface area contributed by atoms with Gasteiger partial charge in [0.15, 0.2) is 5.60 Å². The molecule has 6 nitrogen and oxygen atoms in total. The van der Waals surface area contributed by atoms with Gasteiger partial charge < -0.3 is 20.6 Å². The zero-order valence-electron chi connectivity index (χ0n) is 19.7. The number of alkyl halides is 3. The molecule has 1 heterocycles. The van der Waals surface area contributed by atoms with Crippen LogP contribution in [0.25, 0.3) is 10.8 Å². The van der Waals surface area contributed by atoms with Gasteiger partial charge in [0, 0.05) is 34.8 Å². The summed E-state index contributed by atoms with van der Waals surface area (Å²) in [6.07, 6.45) is -5.00. The summed E-state index contributed by atoms with van der Waals surface area (Å²) in [6, 6.07) is 11.6. The summed E-state index contributed by atoms with van der Waals surface area (Å²) in [5, 5.41) is 13.2. The Labute approximate surface area is 211 Å². The van der Waals surface area contributed by atoms with Gasteiger partial charge in [-0.25, -0.2) is 0 Å². The summed E-state index contributed by atoms with van der Waals surface area (Å²) in [4.78, 5) is 28.8. The Hall–Kier alpha value is -3.14. The molecule has 2 amide bonds. The first-order chi connectivity index (χ1) is 16.9. The minimum Gasteiger partial charge on any atom is -0.372 e. The molecule has 3 aromatic carbocycles. The Bertz CT molecular complexity index is 1360. The Morgan fingerprint density at radius 1 is 1.11 bits per heavy atom.